The molecular formula is C21H20N6O6. The third kappa shape index (κ3) is 5.06. The number of rotatable bonds is 8. The highest BCUT2D eigenvalue weighted by Crippen LogP contribution is 2.28. The molecule has 12 nitrogen and oxygen atoms in total. The summed E-state index contributed by atoms with van der Waals surface area (Å²) in [5.74, 6) is -1.46. The van der Waals surface area contributed by atoms with E-state index in [0.717, 1.165) is 5.56 Å². The Balaban J connectivity index is 1.42. The van der Waals surface area contributed by atoms with Gasteiger partial charge in [0.1, 0.15) is 17.6 Å². The van der Waals surface area contributed by atoms with Crippen molar-refractivity contribution < 1.29 is 29.0 Å². The van der Waals surface area contributed by atoms with Crippen LogP contribution >= 0.6 is 0 Å². The first kappa shape index (κ1) is 21.7. The number of nitrogens with one attached hydrogen (secondary N) is 4. The van der Waals surface area contributed by atoms with E-state index in [1.807, 2.05) is 0 Å². The number of aromatic amines is 1. The summed E-state index contributed by atoms with van der Waals surface area (Å²) in [7, 11) is 0. The highest BCUT2D eigenvalue weighted by molar-refractivity contribution is 6.08. The molecule has 1 aliphatic rings. The molecule has 5 N–H and O–H groups in total. The first-order chi connectivity index (χ1) is 15.9. The van der Waals surface area contributed by atoms with E-state index in [0.29, 0.717) is 28.2 Å². The summed E-state index contributed by atoms with van der Waals surface area (Å²) in [6.45, 7) is 0.148. The van der Waals surface area contributed by atoms with Crippen LogP contribution in [0.3, 0.4) is 0 Å². The lowest BCUT2D eigenvalue weighted by Gasteiger charge is -2.18. The van der Waals surface area contributed by atoms with Crippen LogP contribution in [0.1, 0.15) is 35.3 Å². The number of carboxylic acids is 1. The number of aliphatic carboxylic acids is 1. The molecule has 0 atom stereocenters. The normalized spacial score (nSPS) is 12.4. The predicted octanol–water partition coefficient (Wildman–Crippen LogP) is 1.41. The zero-order valence-electron chi connectivity index (χ0n) is 17.3. The molecule has 0 spiro atoms. The van der Waals surface area contributed by atoms with Crippen molar-refractivity contribution >= 4 is 46.1 Å². The van der Waals surface area contributed by atoms with Crippen LogP contribution in [-0.2, 0) is 20.9 Å². The SMILES string of the molecule is O=C(O)CCCC(=O)Nc1c[nH]c2c(C(=O)NCc3ccc4c(c3)NC(=O)CO4)ncnc12. The molecule has 12 heteroatoms. The number of carboxylic acid groups (broad SMARTS) is 1. The molecule has 4 rings (SSSR count). The van der Waals surface area contributed by atoms with E-state index in [9.17, 15) is 19.2 Å². The van der Waals surface area contributed by atoms with Gasteiger partial charge in [-0.05, 0) is 24.1 Å². The molecule has 3 amide bonds. The highest BCUT2D eigenvalue weighted by atomic mass is 16.5. The minimum atomic E-state index is -0.966. The van der Waals surface area contributed by atoms with Crippen LogP contribution in [0.15, 0.2) is 30.7 Å². The third-order valence-electron chi connectivity index (χ3n) is 4.88. The summed E-state index contributed by atoms with van der Waals surface area (Å²) in [4.78, 5) is 58.0. The first-order valence-electron chi connectivity index (χ1n) is 10.1. The fourth-order valence-electron chi connectivity index (χ4n) is 3.33. The van der Waals surface area contributed by atoms with Crippen LogP contribution in [0.25, 0.3) is 11.0 Å². The number of nitrogens with zero attached hydrogens (tertiary/aromatic N) is 2. The lowest BCUT2D eigenvalue weighted by atomic mass is 10.1. The number of carbonyl (C=O) groups excluding carboxylic acids is 3. The fraction of sp³-hybridized carbons (Fsp3) is 0.238. The quantitative estimate of drug-likeness (QED) is 0.341. The Hall–Kier alpha value is -4.48. The number of fused-ring (bicyclic) bond motifs is 2. The van der Waals surface area contributed by atoms with Crippen molar-refractivity contribution in [2.45, 2.75) is 25.8 Å². The summed E-state index contributed by atoms with van der Waals surface area (Å²) >= 11 is 0. The number of H-pyrrole nitrogens is 1. The minimum Gasteiger partial charge on any atom is -0.482 e. The molecule has 0 radical (unpaired) electrons. The average Bonchev–Trinajstić information content (AvgIpc) is 3.19. The summed E-state index contributed by atoms with van der Waals surface area (Å²) < 4.78 is 5.32. The Morgan fingerprint density at radius 1 is 1.18 bits per heavy atom. The van der Waals surface area contributed by atoms with Gasteiger partial charge in [-0.3, -0.25) is 19.2 Å². The monoisotopic (exact) mass is 452 g/mol. The minimum absolute atomic E-state index is 0.0340. The number of amides is 3. The molecule has 0 saturated carbocycles. The largest absolute Gasteiger partial charge is 0.482 e. The molecule has 1 aliphatic heterocycles. The Kier molecular flexibility index (Phi) is 6.15. The van der Waals surface area contributed by atoms with E-state index in [1.165, 1.54) is 12.5 Å². The van der Waals surface area contributed by atoms with E-state index >= 15 is 0 Å². The van der Waals surface area contributed by atoms with Gasteiger partial charge in [0.15, 0.2) is 12.3 Å². The van der Waals surface area contributed by atoms with Crippen molar-refractivity contribution in [1.82, 2.24) is 20.3 Å². The number of hydrogen-bond donors (Lipinski definition) is 5. The first-order valence-corrected chi connectivity index (χ1v) is 10.1. The number of anilines is 2. The van der Waals surface area contributed by atoms with Gasteiger partial charge in [-0.1, -0.05) is 6.07 Å². The number of hydrogen-bond acceptors (Lipinski definition) is 7. The van der Waals surface area contributed by atoms with Crippen LogP contribution in [0, 0.1) is 0 Å². The van der Waals surface area contributed by atoms with Gasteiger partial charge in [-0.15, -0.1) is 0 Å². The Morgan fingerprint density at radius 3 is 2.85 bits per heavy atom. The third-order valence-corrected chi connectivity index (χ3v) is 4.88. The molecule has 1 aromatic carbocycles. The zero-order chi connectivity index (χ0) is 23.4. The molecular weight excluding hydrogens is 432 g/mol. The van der Waals surface area contributed by atoms with Gasteiger partial charge in [-0.25, -0.2) is 9.97 Å². The topological polar surface area (TPSA) is 175 Å². The van der Waals surface area contributed by atoms with Gasteiger partial charge in [0.05, 0.1) is 16.9 Å². The summed E-state index contributed by atoms with van der Waals surface area (Å²) in [5, 5.41) is 16.8. The number of ether oxygens (including phenoxy) is 1. The molecule has 0 bridgehead atoms. The van der Waals surface area contributed by atoms with Crippen LogP contribution in [0.2, 0.25) is 0 Å². The van der Waals surface area contributed by atoms with Crippen molar-refractivity contribution in [3.8, 4) is 5.75 Å². The highest BCUT2D eigenvalue weighted by Gasteiger charge is 2.19. The molecule has 0 aliphatic carbocycles. The number of carbonyl (C=O) groups is 4. The fourth-order valence-corrected chi connectivity index (χ4v) is 3.33. The van der Waals surface area contributed by atoms with E-state index in [1.54, 1.807) is 18.2 Å². The van der Waals surface area contributed by atoms with Gasteiger partial charge in [0.2, 0.25) is 5.91 Å². The smallest absolute Gasteiger partial charge is 0.303 e. The number of benzene rings is 1. The lowest BCUT2D eigenvalue weighted by Crippen LogP contribution is -2.26. The Labute approximate surface area is 186 Å². The second-order valence-electron chi connectivity index (χ2n) is 7.29. The van der Waals surface area contributed by atoms with Gasteiger partial charge < -0.3 is 30.8 Å². The number of aromatic nitrogens is 3. The van der Waals surface area contributed by atoms with Gasteiger partial charge in [0, 0.05) is 25.6 Å². The molecule has 0 saturated heterocycles. The van der Waals surface area contributed by atoms with E-state index in [-0.39, 0.29) is 49.9 Å². The summed E-state index contributed by atoms with van der Waals surface area (Å²) in [6, 6.07) is 5.21. The maximum atomic E-state index is 12.8. The molecule has 0 fully saturated rings. The maximum absolute atomic E-state index is 12.8. The molecule has 0 unspecified atom stereocenters. The van der Waals surface area contributed by atoms with E-state index < -0.39 is 11.9 Å². The van der Waals surface area contributed by atoms with Crippen LogP contribution in [0.4, 0.5) is 11.4 Å². The molecule has 170 valence electrons. The standard InChI is InChI=1S/C21H20N6O6/c28-15(2-1-3-17(30)31)27-13-8-22-19-18(13)24-10-25-20(19)21(32)23-7-11-4-5-14-12(6-11)26-16(29)9-33-14/h4-6,8,10,22H,1-3,7,9H2,(H,23,32)(H,26,29)(H,27,28)(H,30,31). The summed E-state index contributed by atoms with van der Waals surface area (Å²) in [5.41, 5.74) is 2.46. The molecule has 33 heavy (non-hydrogen) atoms. The predicted molar refractivity (Wildman–Crippen MR) is 116 cm³/mol. The van der Waals surface area contributed by atoms with E-state index in [2.05, 4.69) is 30.9 Å². The summed E-state index contributed by atoms with van der Waals surface area (Å²) in [6.07, 6.45) is 2.88. The van der Waals surface area contributed by atoms with Crippen molar-refractivity contribution in [1.29, 1.82) is 0 Å². The lowest BCUT2D eigenvalue weighted by molar-refractivity contribution is -0.137. The molecule has 2 aromatic heterocycles. The van der Waals surface area contributed by atoms with Crippen LogP contribution in [-0.4, -0.2) is 50.4 Å². The Morgan fingerprint density at radius 2 is 2.03 bits per heavy atom. The second-order valence-corrected chi connectivity index (χ2v) is 7.29. The van der Waals surface area contributed by atoms with Crippen molar-refractivity contribution in [2.24, 2.45) is 0 Å². The molecule has 3 aromatic rings. The Bertz CT molecular complexity index is 1250. The van der Waals surface area contributed by atoms with Crippen LogP contribution < -0.4 is 20.7 Å². The maximum Gasteiger partial charge on any atom is 0.303 e. The van der Waals surface area contributed by atoms with E-state index in [4.69, 9.17) is 9.84 Å². The van der Waals surface area contributed by atoms with Crippen LogP contribution in [0.5, 0.6) is 5.75 Å². The second kappa shape index (κ2) is 9.34. The van der Waals surface area contributed by atoms with Crippen molar-refractivity contribution in [3.05, 3.63) is 42.0 Å². The van der Waals surface area contributed by atoms with Gasteiger partial charge in [-0.2, -0.15) is 0 Å². The average molecular weight is 452 g/mol. The molecule has 3 heterocycles. The van der Waals surface area contributed by atoms with Gasteiger partial charge >= 0.3 is 5.97 Å². The zero-order valence-corrected chi connectivity index (χ0v) is 17.3. The van der Waals surface area contributed by atoms with Crippen molar-refractivity contribution in [2.75, 3.05) is 17.2 Å². The van der Waals surface area contributed by atoms with Gasteiger partial charge in [0.25, 0.3) is 11.8 Å². The van der Waals surface area contributed by atoms with Crippen molar-refractivity contribution in [3.63, 3.8) is 0 Å².